The van der Waals surface area contributed by atoms with Gasteiger partial charge >= 0.3 is 0 Å². The van der Waals surface area contributed by atoms with Gasteiger partial charge in [-0.1, -0.05) is 25.5 Å². The number of halogens is 1. The van der Waals surface area contributed by atoms with Crippen molar-refractivity contribution in [3.8, 4) is 5.75 Å². The third-order valence-corrected chi connectivity index (χ3v) is 7.74. The highest BCUT2D eigenvalue weighted by Crippen LogP contribution is 2.39. The van der Waals surface area contributed by atoms with Crippen molar-refractivity contribution in [1.82, 2.24) is 20.0 Å². The second kappa shape index (κ2) is 12.8. The fourth-order valence-corrected chi connectivity index (χ4v) is 5.52. The summed E-state index contributed by atoms with van der Waals surface area (Å²) in [5.41, 5.74) is 1.43. The van der Waals surface area contributed by atoms with E-state index in [2.05, 4.69) is 46.8 Å². The summed E-state index contributed by atoms with van der Waals surface area (Å²) >= 11 is 0. The maximum absolute atomic E-state index is 13.1. The molecule has 0 N–H and O–H groups in total. The van der Waals surface area contributed by atoms with Crippen molar-refractivity contribution in [3.05, 3.63) is 53.5 Å². The van der Waals surface area contributed by atoms with Crippen LogP contribution in [0.2, 0.25) is 0 Å². The van der Waals surface area contributed by atoms with Crippen LogP contribution in [0.1, 0.15) is 39.0 Å². The van der Waals surface area contributed by atoms with E-state index in [1.54, 1.807) is 19.2 Å². The van der Waals surface area contributed by atoms with Gasteiger partial charge in [0.05, 0.1) is 6.61 Å². The molecule has 0 saturated carbocycles. The average molecular weight is 501 g/mol. The van der Waals surface area contributed by atoms with Crippen molar-refractivity contribution in [2.75, 3.05) is 53.0 Å². The minimum absolute atomic E-state index is 0.174. The summed E-state index contributed by atoms with van der Waals surface area (Å²) in [7, 11) is 1.77. The Morgan fingerprint density at radius 1 is 1.06 bits per heavy atom. The Hall–Kier alpha value is -2.29. The van der Waals surface area contributed by atoms with Crippen molar-refractivity contribution < 1.29 is 18.3 Å². The molecule has 0 radical (unpaired) electrons. The zero-order valence-electron chi connectivity index (χ0n) is 22.2. The molecule has 2 aliphatic rings. The molecule has 4 rings (SSSR count). The quantitative estimate of drug-likeness (QED) is 0.423. The average Bonchev–Trinajstić information content (AvgIpc) is 3.32. The van der Waals surface area contributed by atoms with Gasteiger partial charge in [-0.3, -0.25) is 4.90 Å². The van der Waals surface area contributed by atoms with Crippen LogP contribution in [0.5, 0.6) is 5.75 Å². The zero-order valence-corrected chi connectivity index (χ0v) is 22.2. The minimum atomic E-state index is -0.291. The summed E-state index contributed by atoms with van der Waals surface area (Å²) in [6.45, 7) is 14.6. The predicted octanol–water partition coefficient (Wildman–Crippen LogP) is 4.45. The third kappa shape index (κ3) is 7.37. The monoisotopic (exact) mass is 500 g/mol. The number of hydrogen-bond acceptors (Lipinski definition) is 7. The number of aromatic nitrogens is 2. The Morgan fingerprint density at radius 3 is 2.44 bits per heavy atom. The number of benzene rings is 1. The molecule has 1 aliphatic heterocycles. The Labute approximate surface area is 214 Å². The van der Waals surface area contributed by atoms with E-state index in [9.17, 15) is 4.39 Å². The minimum Gasteiger partial charge on any atom is -0.484 e. The van der Waals surface area contributed by atoms with Crippen LogP contribution in [-0.4, -0.2) is 73.0 Å². The predicted molar refractivity (Wildman–Crippen MR) is 137 cm³/mol. The van der Waals surface area contributed by atoms with Crippen molar-refractivity contribution in [1.29, 1.82) is 0 Å². The molecule has 1 fully saturated rings. The molecule has 1 aromatic carbocycles. The fraction of sp³-hybridized carbons (Fsp3) is 0.643. The highest BCUT2D eigenvalue weighted by molar-refractivity contribution is 5.22. The lowest BCUT2D eigenvalue weighted by atomic mass is 9.69. The van der Waals surface area contributed by atoms with Gasteiger partial charge in [0.1, 0.15) is 11.6 Å². The van der Waals surface area contributed by atoms with Crippen molar-refractivity contribution in [3.63, 3.8) is 0 Å². The van der Waals surface area contributed by atoms with E-state index in [0.29, 0.717) is 41.2 Å². The largest absolute Gasteiger partial charge is 0.484 e. The lowest BCUT2D eigenvalue weighted by Gasteiger charge is -2.41. The zero-order chi connectivity index (χ0) is 25.5. The number of allylic oxidation sites excluding steroid dienone is 1. The number of nitrogens with zero attached hydrogens (tertiary/aromatic N) is 4. The Kier molecular flexibility index (Phi) is 9.51. The Bertz CT molecular complexity index is 969. The number of ether oxygens (including phenoxy) is 2. The lowest BCUT2D eigenvalue weighted by molar-refractivity contribution is 0.0797. The molecule has 1 aromatic heterocycles. The molecule has 0 amide bonds. The second-order valence-electron chi connectivity index (χ2n) is 10.6. The summed E-state index contributed by atoms with van der Waals surface area (Å²) in [6, 6.07) is 5.92. The van der Waals surface area contributed by atoms with Gasteiger partial charge in [-0.2, -0.15) is 0 Å². The Balaban J connectivity index is 1.31. The van der Waals surface area contributed by atoms with Crippen LogP contribution in [-0.2, 0) is 17.8 Å². The first-order valence-corrected chi connectivity index (χ1v) is 13.2. The topological polar surface area (TPSA) is 63.9 Å². The van der Waals surface area contributed by atoms with Gasteiger partial charge in [-0.15, -0.1) is 10.2 Å². The number of methoxy groups -OCH3 is 1. The molecule has 1 aliphatic carbocycles. The molecule has 0 spiro atoms. The van der Waals surface area contributed by atoms with Gasteiger partial charge in [-0.05, 0) is 61.3 Å². The number of hydrogen-bond donors (Lipinski definition) is 0. The van der Waals surface area contributed by atoms with Crippen LogP contribution in [0, 0.1) is 29.5 Å². The van der Waals surface area contributed by atoms with Crippen LogP contribution >= 0.6 is 0 Å². The maximum atomic E-state index is 13.1. The van der Waals surface area contributed by atoms with Gasteiger partial charge in [0.2, 0.25) is 5.89 Å². The van der Waals surface area contributed by atoms with E-state index in [1.807, 2.05) is 0 Å². The van der Waals surface area contributed by atoms with Crippen LogP contribution in [0.3, 0.4) is 0 Å². The molecule has 198 valence electrons. The highest BCUT2D eigenvalue weighted by Gasteiger charge is 2.34. The van der Waals surface area contributed by atoms with E-state index in [0.717, 1.165) is 58.7 Å². The van der Waals surface area contributed by atoms with Crippen molar-refractivity contribution in [2.24, 2.45) is 23.7 Å². The molecule has 3 unspecified atom stereocenters. The van der Waals surface area contributed by atoms with Crippen molar-refractivity contribution >= 4 is 0 Å². The first kappa shape index (κ1) is 26.8. The molecule has 8 heteroatoms. The SMILES string of the molecule is COCCN1CCN(CC2C=C(C)C(Cc3nnc(COc4ccc(F)cc4)o3)CC2C(C)C)CC1. The summed E-state index contributed by atoms with van der Waals surface area (Å²) in [4.78, 5) is 5.14. The van der Waals surface area contributed by atoms with Crippen LogP contribution in [0.15, 0.2) is 40.3 Å². The third-order valence-electron chi connectivity index (χ3n) is 7.74. The molecule has 3 atom stereocenters. The Morgan fingerprint density at radius 2 is 1.75 bits per heavy atom. The lowest BCUT2D eigenvalue weighted by Crippen LogP contribution is -2.49. The van der Waals surface area contributed by atoms with Gasteiger partial charge in [0.15, 0.2) is 6.61 Å². The molecule has 2 aromatic rings. The van der Waals surface area contributed by atoms with Gasteiger partial charge < -0.3 is 18.8 Å². The van der Waals surface area contributed by atoms with E-state index in [-0.39, 0.29) is 12.4 Å². The molecule has 7 nitrogen and oxygen atoms in total. The second-order valence-corrected chi connectivity index (χ2v) is 10.6. The van der Waals surface area contributed by atoms with Gasteiger partial charge in [0.25, 0.3) is 5.89 Å². The maximum Gasteiger partial charge on any atom is 0.253 e. The van der Waals surface area contributed by atoms with Crippen LogP contribution in [0.4, 0.5) is 4.39 Å². The summed E-state index contributed by atoms with van der Waals surface area (Å²) in [5, 5.41) is 8.43. The van der Waals surface area contributed by atoms with Gasteiger partial charge in [0, 0.05) is 52.8 Å². The van der Waals surface area contributed by atoms with E-state index in [1.165, 1.54) is 17.7 Å². The van der Waals surface area contributed by atoms with E-state index in [4.69, 9.17) is 13.9 Å². The first-order chi connectivity index (χ1) is 17.4. The summed E-state index contributed by atoms with van der Waals surface area (Å²) in [6.07, 6.45) is 4.41. The fourth-order valence-electron chi connectivity index (χ4n) is 5.52. The number of rotatable bonds is 11. The molecule has 1 saturated heterocycles. The van der Waals surface area contributed by atoms with Crippen molar-refractivity contribution in [2.45, 2.75) is 40.2 Å². The molecule has 2 heterocycles. The molecule has 0 bridgehead atoms. The molecular weight excluding hydrogens is 459 g/mol. The molecular formula is C28H41FN4O3. The van der Waals surface area contributed by atoms with Crippen LogP contribution in [0.25, 0.3) is 0 Å². The normalized spacial score (nSPS) is 23.7. The van der Waals surface area contributed by atoms with E-state index < -0.39 is 0 Å². The van der Waals surface area contributed by atoms with Gasteiger partial charge in [-0.25, -0.2) is 4.39 Å². The molecule has 36 heavy (non-hydrogen) atoms. The standard InChI is InChI=1S/C28H41FN4O3/c1-20(2)26-16-22(17-27-30-31-28(36-27)19-35-25-7-5-24(29)6-8-25)21(3)15-23(26)18-33-11-9-32(10-12-33)13-14-34-4/h5-8,15,20,22-23,26H,9-14,16-19H2,1-4H3. The smallest absolute Gasteiger partial charge is 0.253 e. The first-order valence-electron chi connectivity index (χ1n) is 13.2. The number of piperazine rings is 1. The summed E-state index contributed by atoms with van der Waals surface area (Å²) in [5.74, 6) is 3.61. The van der Waals surface area contributed by atoms with Crippen LogP contribution < -0.4 is 4.74 Å². The van der Waals surface area contributed by atoms with E-state index >= 15 is 0 Å². The highest BCUT2D eigenvalue weighted by atomic mass is 19.1. The summed E-state index contributed by atoms with van der Waals surface area (Å²) < 4.78 is 29.8.